The van der Waals surface area contributed by atoms with Gasteiger partial charge in [-0.1, -0.05) is 12.1 Å². The molecule has 0 unspecified atom stereocenters. The molecule has 3 aromatic rings. The molecular weight excluding hydrogens is 296 g/mol. The Labute approximate surface area is 124 Å². The summed E-state index contributed by atoms with van der Waals surface area (Å²) in [7, 11) is 0. The van der Waals surface area contributed by atoms with Crippen molar-refractivity contribution in [2.24, 2.45) is 0 Å². The van der Waals surface area contributed by atoms with Crippen molar-refractivity contribution >= 4 is 22.6 Å². The molecule has 0 aliphatic heterocycles. The number of halogens is 3. The smallest absolute Gasteiger partial charge is 0.182 e. The summed E-state index contributed by atoms with van der Waals surface area (Å²) in [6.45, 7) is 0. The molecule has 1 aromatic heterocycles. The number of alkyl halides is 1. The highest BCUT2D eigenvalue weighted by Gasteiger charge is 2.18. The minimum absolute atomic E-state index is 0.00943. The maximum absolute atomic E-state index is 14.1. The summed E-state index contributed by atoms with van der Waals surface area (Å²) in [5.41, 5.74) is 1.30. The van der Waals surface area contributed by atoms with Gasteiger partial charge in [-0.25, -0.2) is 13.8 Å². The van der Waals surface area contributed by atoms with E-state index >= 15 is 0 Å². The lowest BCUT2D eigenvalue weighted by Crippen LogP contribution is -2.03. The predicted molar refractivity (Wildman–Crippen MR) is 75.3 cm³/mol. The summed E-state index contributed by atoms with van der Waals surface area (Å²) in [4.78, 5) is 4.27. The van der Waals surface area contributed by atoms with Crippen LogP contribution in [0.15, 0.2) is 36.4 Å². The van der Waals surface area contributed by atoms with E-state index in [1.165, 1.54) is 16.7 Å². The molecule has 0 amide bonds. The van der Waals surface area contributed by atoms with Crippen molar-refractivity contribution in [1.29, 1.82) is 5.26 Å². The topological polar surface area (TPSA) is 41.6 Å². The number of aromatic nitrogens is 2. The molecule has 0 radical (unpaired) electrons. The lowest BCUT2D eigenvalue weighted by Gasteiger charge is -2.09. The molecule has 3 nitrogen and oxygen atoms in total. The van der Waals surface area contributed by atoms with Crippen LogP contribution in [0.2, 0.25) is 0 Å². The van der Waals surface area contributed by atoms with Gasteiger partial charge in [0.1, 0.15) is 17.4 Å². The van der Waals surface area contributed by atoms with E-state index in [-0.39, 0.29) is 11.6 Å². The summed E-state index contributed by atoms with van der Waals surface area (Å²) < 4.78 is 29.0. The standard InChI is InChI=1S/C15H8ClF2N3/c16-7-13-20-15-9(8-19)3-1-6-12(15)21(13)11-5-2-4-10(17)14(11)18/h1-6H,7H2. The molecule has 1 heterocycles. The molecule has 0 N–H and O–H groups in total. The summed E-state index contributed by atoms with van der Waals surface area (Å²) in [5, 5.41) is 9.11. The van der Waals surface area contributed by atoms with E-state index in [4.69, 9.17) is 16.9 Å². The van der Waals surface area contributed by atoms with Crippen LogP contribution in [0, 0.1) is 23.0 Å². The van der Waals surface area contributed by atoms with Gasteiger partial charge in [-0.2, -0.15) is 5.26 Å². The van der Waals surface area contributed by atoms with Crippen LogP contribution in [-0.2, 0) is 5.88 Å². The van der Waals surface area contributed by atoms with Gasteiger partial charge in [0, 0.05) is 0 Å². The van der Waals surface area contributed by atoms with Crippen molar-refractivity contribution in [2.45, 2.75) is 5.88 Å². The number of hydrogen-bond donors (Lipinski definition) is 0. The van der Waals surface area contributed by atoms with Gasteiger partial charge in [-0.05, 0) is 24.3 Å². The van der Waals surface area contributed by atoms with Crippen LogP contribution in [0.3, 0.4) is 0 Å². The van der Waals surface area contributed by atoms with Crippen molar-refractivity contribution in [3.05, 3.63) is 59.4 Å². The number of nitriles is 1. The maximum Gasteiger partial charge on any atom is 0.182 e. The molecule has 2 aromatic carbocycles. The van der Waals surface area contributed by atoms with E-state index in [2.05, 4.69) is 4.98 Å². The molecule has 6 heteroatoms. The third kappa shape index (κ3) is 2.05. The van der Waals surface area contributed by atoms with Crippen LogP contribution in [0.1, 0.15) is 11.4 Å². The minimum Gasteiger partial charge on any atom is -0.292 e. The van der Waals surface area contributed by atoms with Crippen LogP contribution in [-0.4, -0.2) is 9.55 Å². The van der Waals surface area contributed by atoms with Crippen LogP contribution < -0.4 is 0 Å². The Balaban J connectivity index is 2.42. The zero-order valence-corrected chi connectivity index (χ0v) is 11.4. The van der Waals surface area contributed by atoms with Crippen molar-refractivity contribution in [2.75, 3.05) is 0 Å². The number of hydrogen-bond acceptors (Lipinski definition) is 2. The first-order valence-corrected chi connectivity index (χ1v) is 6.61. The Kier molecular flexibility index (Phi) is 3.32. The SMILES string of the molecule is N#Cc1cccc2c1nc(CCl)n2-c1cccc(F)c1F. The number of benzene rings is 2. The molecule has 0 aliphatic carbocycles. The Morgan fingerprint density at radius 2 is 1.95 bits per heavy atom. The number of nitrogens with zero attached hydrogens (tertiary/aromatic N) is 3. The monoisotopic (exact) mass is 303 g/mol. The molecule has 21 heavy (non-hydrogen) atoms. The summed E-state index contributed by atoms with van der Waals surface area (Å²) >= 11 is 5.86. The van der Waals surface area contributed by atoms with Gasteiger partial charge >= 0.3 is 0 Å². The van der Waals surface area contributed by atoms with Gasteiger partial charge in [-0.3, -0.25) is 4.57 Å². The Bertz CT molecular complexity index is 880. The average molecular weight is 304 g/mol. The molecule has 0 fully saturated rings. The van der Waals surface area contributed by atoms with Crippen molar-refractivity contribution < 1.29 is 8.78 Å². The molecule has 0 atom stereocenters. The fourth-order valence-electron chi connectivity index (χ4n) is 2.26. The van der Waals surface area contributed by atoms with E-state index in [0.29, 0.717) is 22.4 Å². The highest BCUT2D eigenvalue weighted by atomic mass is 35.5. The Morgan fingerprint density at radius 1 is 1.19 bits per heavy atom. The van der Waals surface area contributed by atoms with Crippen molar-refractivity contribution in [3.8, 4) is 11.8 Å². The molecule has 0 saturated carbocycles. The molecule has 0 aliphatic rings. The first-order valence-electron chi connectivity index (χ1n) is 6.08. The first-order chi connectivity index (χ1) is 10.2. The van der Waals surface area contributed by atoms with Crippen molar-refractivity contribution in [1.82, 2.24) is 9.55 Å². The normalized spacial score (nSPS) is 10.8. The highest BCUT2D eigenvalue weighted by molar-refractivity contribution is 6.17. The predicted octanol–water partition coefficient (Wildman–Crippen LogP) is 3.91. The van der Waals surface area contributed by atoms with Crippen LogP contribution in [0.4, 0.5) is 8.78 Å². The number of fused-ring (bicyclic) bond motifs is 1. The fourth-order valence-corrected chi connectivity index (χ4v) is 2.44. The van der Waals surface area contributed by atoms with Crippen LogP contribution in [0.5, 0.6) is 0 Å². The van der Waals surface area contributed by atoms with Gasteiger partial charge < -0.3 is 0 Å². The zero-order chi connectivity index (χ0) is 15.0. The Morgan fingerprint density at radius 3 is 2.67 bits per heavy atom. The highest BCUT2D eigenvalue weighted by Crippen LogP contribution is 2.27. The number of para-hydroxylation sites is 1. The van der Waals surface area contributed by atoms with Gasteiger partial charge in [0.15, 0.2) is 11.6 Å². The fraction of sp³-hybridized carbons (Fsp3) is 0.0667. The lowest BCUT2D eigenvalue weighted by molar-refractivity contribution is 0.504. The summed E-state index contributed by atoms with van der Waals surface area (Å²) in [6.07, 6.45) is 0. The van der Waals surface area contributed by atoms with Gasteiger partial charge in [0.05, 0.1) is 22.6 Å². The quantitative estimate of drug-likeness (QED) is 0.673. The molecule has 0 spiro atoms. The van der Waals surface area contributed by atoms with Crippen LogP contribution >= 0.6 is 11.6 Å². The van der Waals surface area contributed by atoms with E-state index in [1.807, 2.05) is 6.07 Å². The van der Waals surface area contributed by atoms with Crippen molar-refractivity contribution in [3.63, 3.8) is 0 Å². The van der Waals surface area contributed by atoms with E-state index in [0.717, 1.165) is 6.07 Å². The van der Waals surface area contributed by atoms with Gasteiger partial charge in [0.2, 0.25) is 0 Å². The Hall–Kier alpha value is -2.45. The largest absolute Gasteiger partial charge is 0.292 e. The molecule has 104 valence electrons. The lowest BCUT2D eigenvalue weighted by atomic mass is 10.2. The zero-order valence-electron chi connectivity index (χ0n) is 10.6. The molecule has 0 bridgehead atoms. The van der Waals surface area contributed by atoms with E-state index in [1.54, 1.807) is 18.2 Å². The second-order valence-corrected chi connectivity index (χ2v) is 4.62. The average Bonchev–Trinajstić information content (AvgIpc) is 2.88. The minimum atomic E-state index is -0.981. The summed E-state index contributed by atoms with van der Waals surface area (Å²) in [6, 6.07) is 10.9. The number of rotatable bonds is 2. The summed E-state index contributed by atoms with van der Waals surface area (Å²) in [5.74, 6) is -1.58. The van der Waals surface area contributed by atoms with Crippen LogP contribution in [0.25, 0.3) is 16.7 Å². The third-order valence-corrected chi connectivity index (χ3v) is 3.41. The van der Waals surface area contributed by atoms with Gasteiger partial charge in [-0.15, -0.1) is 11.6 Å². The molecule has 3 rings (SSSR count). The second kappa shape index (κ2) is 5.15. The van der Waals surface area contributed by atoms with E-state index in [9.17, 15) is 8.78 Å². The molecule has 0 saturated heterocycles. The third-order valence-electron chi connectivity index (χ3n) is 3.17. The second-order valence-electron chi connectivity index (χ2n) is 4.36. The van der Waals surface area contributed by atoms with Gasteiger partial charge in [0.25, 0.3) is 0 Å². The maximum atomic E-state index is 14.1. The van der Waals surface area contributed by atoms with E-state index < -0.39 is 11.6 Å². The number of imidazole rings is 1. The first kappa shape index (κ1) is 13.5. The molecular formula is C15H8ClF2N3.